The molecule has 0 fully saturated rings. The molecular weight excluding hydrogens is 312 g/mol. The van der Waals surface area contributed by atoms with Gasteiger partial charge in [0.15, 0.2) is 0 Å². The molecule has 5 nitrogen and oxygen atoms in total. The van der Waals surface area contributed by atoms with E-state index in [0.29, 0.717) is 12.5 Å². The maximum absolute atomic E-state index is 5.41. The first-order chi connectivity index (χ1) is 11.2. The van der Waals surface area contributed by atoms with E-state index in [1.54, 1.807) is 14.2 Å². The minimum Gasteiger partial charge on any atom is -0.486 e. The molecule has 0 radical (unpaired) electrons. The van der Waals surface area contributed by atoms with E-state index in [-0.39, 0.29) is 6.04 Å². The Balaban J connectivity index is 1.96. The Kier molecular flexibility index (Phi) is 6.83. The summed E-state index contributed by atoms with van der Waals surface area (Å²) in [5.41, 5.74) is 3.38. The van der Waals surface area contributed by atoms with Crippen LogP contribution in [0.3, 0.4) is 0 Å². The second-order valence-electron chi connectivity index (χ2n) is 5.15. The summed E-state index contributed by atoms with van der Waals surface area (Å²) in [4.78, 5) is 0. The average molecular weight is 336 g/mol. The van der Waals surface area contributed by atoms with E-state index in [1.165, 1.54) is 22.7 Å². The van der Waals surface area contributed by atoms with Crippen LogP contribution in [0.4, 0.5) is 0 Å². The summed E-state index contributed by atoms with van der Waals surface area (Å²) in [6.07, 6.45) is 0. The molecule has 0 saturated heterocycles. The molecule has 126 valence electrons. The van der Waals surface area contributed by atoms with Gasteiger partial charge >= 0.3 is 0 Å². The predicted octanol–water partition coefficient (Wildman–Crippen LogP) is 3.55. The first kappa shape index (κ1) is 17.7. The lowest BCUT2D eigenvalue weighted by Gasteiger charge is -2.15. The molecule has 0 aliphatic rings. The van der Waals surface area contributed by atoms with Crippen LogP contribution in [0.25, 0.3) is 0 Å². The van der Waals surface area contributed by atoms with Crippen molar-refractivity contribution in [3.8, 4) is 10.9 Å². The number of nitrogens with zero attached hydrogens (tertiary/aromatic N) is 1. The fourth-order valence-corrected chi connectivity index (χ4v) is 3.05. The summed E-state index contributed by atoms with van der Waals surface area (Å²) in [5.74, 6) is 0.624. The molecule has 0 aliphatic heterocycles. The van der Waals surface area contributed by atoms with Crippen LogP contribution in [0.1, 0.15) is 36.6 Å². The van der Waals surface area contributed by atoms with Gasteiger partial charge in [0.25, 0.3) is 0 Å². The molecule has 1 heterocycles. The highest BCUT2D eigenvalue weighted by molar-refractivity contribution is 7.08. The molecule has 1 aromatic carbocycles. The Morgan fingerprint density at radius 3 is 2.43 bits per heavy atom. The van der Waals surface area contributed by atoms with Crippen LogP contribution in [-0.4, -0.2) is 25.2 Å². The van der Waals surface area contributed by atoms with Gasteiger partial charge in [-0.15, -0.1) is 0 Å². The van der Waals surface area contributed by atoms with Crippen molar-refractivity contribution >= 4 is 11.5 Å². The third-order valence-corrected chi connectivity index (χ3v) is 4.39. The van der Waals surface area contributed by atoms with E-state index >= 15 is 0 Å². The van der Waals surface area contributed by atoms with Crippen molar-refractivity contribution in [2.45, 2.75) is 33.0 Å². The van der Waals surface area contributed by atoms with Crippen molar-refractivity contribution in [1.29, 1.82) is 0 Å². The van der Waals surface area contributed by atoms with E-state index in [9.17, 15) is 0 Å². The zero-order valence-corrected chi connectivity index (χ0v) is 14.9. The first-order valence-corrected chi connectivity index (χ1v) is 8.43. The van der Waals surface area contributed by atoms with Crippen LogP contribution >= 0.6 is 11.5 Å². The van der Waals surface area contributed by atoms with Crippen molar-refractivity contribution < 1.29 is 14.2 Å². The second kappa shape index (κ2) is 8.86. The van der Waals surface area contributed by atoms with Crippen molar-refractivity contribution in [2.24, 2.45) is 0 Å². The Hall–Kier alpha value is -1.63. The van der Waals surface area contributed by atoms with Crippen LogP contribution in [-0.2, 0) is 17.9 Å². The Bertz CT molecular complexity index is 577. The summed E-state index contributed by atoms with van der Waals surface area (Å²) in [7, 11) is 3.28. The number of methoxy groups -OCH3 is 2. The van der Waals surface area contributed by atoms with Crippen molar-refractivity contribution in [2.75, 3.05) is 20.8 Å². The van der Waals surface area contributed by atoms with Crippen LogP contribution in [0.2, 0.25) is 0 Å². The number of rotatable bonds is 9. The highest BCUT2D eigenvalue weighted by Gasteiger charge is 2.20. The topological polar surface area (TPSA) is 52.6 Å². The van der Waals surface area contributed by atoms with E-state index in [4.69, 9.17) is 14.2 Å². The molecule has 1 aromatic heterocycles. The molecule has 2 aromatic rings. The Morgan fingerprint density at radius 2 is 1.83 bits per heavy atom. The van der Waals surface area contributed by atoms with Gasteiger partial charge in [-0.05, 0) is 25.0 Å². The van der Waals surface area contributed by atoms with E-state index in [1.807, 2.05) is 6.92 Å². The first-order valence-electron chi connectivity index (χ1n) is 7.66. The SMILES string of the molecule is CCOCc1ccc(CNC(C)c2c(OC)nsc2OC)cc1. The Morgan fingerprint density at radius 1 is 1.13 bits per heavy atom. The molecule has 0 amide bonds. The van der Waals surface area contributed by atoms with Crippen molar-refractivity contribution in [1.82, 2.24) is 9.69 Å². The summed E-state index contributed by atoms with van der Waals surface area (Å²) in [6.45, 7) is 6.24. The average Bonchev–Trinajstić information content (AvgIpc) is 3.02. The number of aromatic nitrogens is 1. The fourth-order valence-electron chi connectivity index (χ4n) is 2.27. The van der Waals surface area contributed by atoms with Gasteiger partial charge in [-0.1, -0.05) is 24.3 Å². The highest BCUT2D eigenvalue weighted by atomic mass is 32.1. The van der Waals surface area contributed by atoms with Gasteiger partial charge in [0.1, 0.15) is 0 Å². The van der Waals surface area contributed by atoms with Crippen LogP contribution in [0.5, 0.6) is 10.9 Å². The minimum absolute atomic E-state index is 0.0850. The van der Waals surface area contributed by atoms with Gasteiger partial charge in [-0.25, -0.2) is 0 Å². The zero-order valence-electron chi connectivity index (χ0n) is 14.1. The largest absolute Gasteiger partial charge is 0.486 e. The molecule has 1 N–H and O–H groups in total. The molecule has 0 bridgehead atoms. The predicted molar refractivity (Wildman–Crippen MR) is 92.2 cm³/mol. The molecule has 23 heavy (non-hydrogen) atoms. The van der Waals surface area contributed by atoms with Gasteiger partial charge < -0.3 is 19.5 Å². The molecule has 1 atom stereocenters. The molecule has 0 saturated carbocycles. The number of hydrogen-bond acceptors (Lipinski definition) is 6. The smallest absolute Gasteiger partial charge is 0.233 e. The number of nitrogens with one attached hydrogen (secondary N) is 1. The van der Waals surface area contributed by atoms with E-state index in [0.717, 1.165) is 23.8 Å². The zero-order chi connectivity index (χ0) is 16.7. The number of benzene rings is 1. The molecule has 2 rings (SSSR count). The Labute approximate surface area is 141 Å². The van der Waals surface area contributed by atoms with Crippen molar-refractivity contribution in [3.63, 3.8) is 0 Å². The molecular formula is C17H24N2O3S. The van der Waals surface area contributed by atoms with Crippen molar-refractivity contribution in [3.05, 3.63) is 41.0 Å². The van der Waals surface area contributed by atoms with Gasteiger partial charge in [0.05, 0.1) is 26.4 Å². The minimum atomic E-state index is 0.0850. The van der Waals surface area contributed by atoms with Gasteiger partial charge in [-0.3, -0.25) is 0 Å². The fraction of sp³-hybridized carbons (Fsp3) is 0.471. The molecule has 0 spiro atoms. The normalized spacial score (nSPS) is 12.2. The number of hydrogen-bond donors (Lipinski definition) is 1. The van der Waals surface area contributed by atoms with Crippen LogP contribution in [0.15, 0.2) is 24.3 Å². The highest BCUT2D eigenvalue weighted by Crippen LogP contribution is 2.37. The van der Waals surface area contributed by atoms with E-state index < -0.39 is 0 Å². The maximum atomic E-state index is 5.41. The van der Waals surface area contributed by atoms with Gasteiger partial charge in [-0.2, -0.15) is 4.37 Å². The van der Waals surface area contributed by atoms with E-state index in [2.05, 4.69) is 40.9 Å². The van der Waals surface area contributed by atoms with Crippen LogP contribution in [0, 0.1) is 0 Å². The monoisotopic (exact) mass is 336 g/mol. The number of ether oxygens (including phenoxy) is 3. The quantitative estimate of drug-likeness (QED) is 0.759. The lowest BCUT2D eigenvalue weighted by molar-refractivity contribution is 0.134. The molecule has 1 unspecified atom stereocenters. The summed E-state index contributed by atoms with van der Waals surface area (Å²) in [5, 5.41) is 4.27. The lowest BCUT2D eigenvalue weighted by Crippen LogP contribution is -2.18. The molecule has 0 aliphatic carbocycles. The third-order valence-electron chi connectivity index (χ3n) is 3.58. The molecule has 6 heteroatoms. The lowest BCUT2D eigenvalue weighted by atomic mass is 10.1. The summed E-state index contributed by atoms with van der Waals surface area (Å²) >= 11 is 1.31. The summed E-state index contributed by atoms with van der Waals surface area (Å²) < 4.78 is 20.4. The summed E-state index contributed by atoms with van der Waals surface area (Å²) in [6, 6.07) is 8.53. The second-order valence-corrected chi connectivity index (χ2v) is 5.89. The standard InChI is InChI=1S/C17H24N2O3S/c1-5-22-11-14-8-6-13(7-9-14)10-18-12(2)15-16(20-3)19-23-17(15)21-4/h6-9,12,18H,5,10-11H2,1-4H3. The van der Waals surface area contributed by atoms with Crippen LogP contribution < -0.4 is 14.8 Å². The maximum Gasteiger partial charge on any atom is 0.233 e. The van der Waals surface area contributed by atoms with Gasteiger partial charge in [0, 0.05) is 30.7 Å². The van der Waals surface area contributed by atoms with Gasteiger partial charge in [0.2, 0.25) is 10.9 Å². The third kappa shape index (κ3) is 4.67.